The summed E-state index contributed by atoms with van der Waals surface area (Å²) in [6.45, 7) is 8.83. The van der Waals surface area contributed by atoms with Gasteiger partial charge in [0.1, 0.15) is 0 Å². The lowest BCUT2D eigenvalue weighted by Crippen LogP contribution is -2.31. The van der Waals surface area contributed by atoms with Gasteiger partial charge in [-0.3, -0.25) is 0 Å². The summed E-state index contributed by atoms with van der Waals surface area (Å²) in [4.78, 5) is 18.2. The van der Waals surface area contributed by atoms with Crippen LogP contribution in [-0.2, 0) is 9.59 Å². The first kappa shape index (κ1) is 16.3. The van der Waals surface area contributed by atoms with Gasteiger partial charge < -0.3 is 15.5 Å². The molecule has 0 aliphatic rings. The van der Waals surface area contributed by atoms with E-state index in [4.69, 9.17) is 19.8 Å². The summed E-state index contributed by atoms with van der Waals surface area (Å²) >= 11 is 0. The maximum absolute atomic E-state index is 9.10. The summed E-state index contributed by atoms with van der Waals surface area (Å²) in [5.74, 6) is -3.65. The van der Waals surface area contributed by atoms with E-state index in [9.17, 15) is 0 Å². The summed E-state index contributed by atoms with van der Waals surface area (Å²) in [5, 5.41) is 18.2. The van der Waals surface area contributed by atoms with Crippen LogP contribution < -0.4 is 5.32 Å². The SMILES string of the molecule is CCCC(C)NC(C)C.O=C(O)C(=O)O. The van der Waals surface area contributed by atoms with Crippen molar-refractivity contribution in [1.82, 2.24) is 5.32 Å². The highest BCUT2D eigenvalue weighted by molar-refractivity contribution is 6.27. The zero-order valence-electron chi connectivity index (χ0n) is 9.78. The number of carboxylic acid groups (broad SMARTS) is 2. The van der Waals surface area contributed by atoms with Crippen LogP contribution in [0.25, 0.3) is 0 Å². The topological polar surface area (TPSA) is 86.6 Å². The third-order valence-electron chi connectivity index (χ3n) is 1.52. The lowest BCUT2D eigenvalue weighted by molar-refractivity contribution is -0.159. The summed E-state index contributed by atoms with van der Waals surface area (Å²) < 4.78 is 0. The molecule has 0 rings (SSSR count). The van der Waals surface area contributed by atoms with Crippen molar-refractivity contribution in [3.63, 3.8) is 0 Å². The van der Waals surface area contributed by atoms with E-state index in [0.29, 0.717) is 12.1 Å². The van der Waals surface area contributed by atoms with Crippen LogP contribution in [0.4, 0.5) is 0 Å². The highest BCUT2D eigenvalue weighted by Gasteiger charge is 2.04. The Kier molecular flexibility index (Phi) is 10.3. The fraction of sp³-hybridized carbons (Fsp3) is 0.800. The van der Waals surface area contributed by atoms with Gasteiger partial charge in [-0.2, -0.15) is 0 Å². The number of aliphatic carboxylic acids is 2. The van der Waals surface area contributed by atoms with Crippen molar-refractivity contribution in [3.05, 3.63) is 0 Å². The van der Waals surface area contributed by atoms with Crippen molar-refractivity contribution in [1.29, 1.82) is 0 Å². The van der Waals surface area contributed by atoms with Crippen molar-refractivity contribution in [2.45, 2.75) is 52.6 Å². The standard InChI is InChI=1S/C8H19N.C2H2O4/c1-5-6-8(4)9-7(2)3;3-1(4)2(5)6/h7-9H,5-6H2,1-4H3;(H,3,4)(H,5,6). The predicted octanol–water partition coefficient (Wildman–Crippen LogP) is 1.33. The Morgan fingerprint density at radius 1 is 1.13 bits per heavy atom. The van der Waals surface area contributed by atoms with Crippen molar-refractivity contribution in [2.24, 2.45) is 0 Å². The summed E-state index contributed by atoms with van der Waals surface area (Å²) in [5.41, 5.74) is 0. The molecule has 3 N–H and O–H groups in total. The monoisotopic (exact) mass is 219 g/mol. The zero-order valence-corrected chi connectivity index (χ0v) is 9.78. The van der Waals surface area contributed by atoms with E-state index >= 15 is 0 Å². The molecule has 0 saturated heterocycles. The number of hydrogen-bond donors (Lipinski definition) is 3. The number of carboxylic acids is 2. The van der Waals surface area contributed by atoms with Crippen molar-refractivity contribution in [2.75, 3.05) is 0 Å². The fourth-order valence-corrected chi connectivity index (χ4v) is 1.09. The minimum absolute atomic E-state index is 0.631. The molecule has 0 saturated carbocycles. The molecule has 0 aromatic carbocycles. The number of carbonyl (C=O) groups is 2. The first-order valence-electron chi connectivity index (χ1n) is 5.03. The van der Waals surface area contributed by atoms with Gasteiger partial charge >= 0.3 is 11.9 Å². The average Bonchev–Trinajstić information content (AvgIpc) is 2.03. The minimum atomic E-state index is -1.82. The highest BCUT2D eigenvalue weighted by Crippen LogP contribution is 1.95. The number of hydrogen-bond acceptors (Lipinski definition) is 3. The van der Waals surface area contributed by atoms with Crippen LogP contribution in [-0.4, -0.2) is 34.2 Å². The van der Waals surface area contributed by atoms with E-state index in [0.717, 1.165) is 0 Å². The van der Waals surface area contributed by atoms with Gasteiger partial charge in [0, 0.05) is 12.1 Å². The molecule has 0 aromatic heterocycles. The summed E-state index contributed by atoms with van der Waals surface area (Å²) in [6, 6.07) is 1.32. The maximum Gasteiger partial charge on any atom is 0.414 e. The van der Waals surface area contributed by atoms with Crippen molar-refractivity contribution < 1.29 is 19.8 Å². The molecular formula is C10H21NO4. The Labute approximate surface area is 90.5 Å². The maximum atomic E-state index is 9.10. The Bertz CT molecular complexity index is 180. The molecule has 90 valence electrons. The molecule has 1 unspecified atom stereocenters. The zero-order chi connectivity index (χ0) is 12.4. The Balaban J connectivity index is 0. The van der Waals surface area contributed by atoms with Crippen LogP contribution in [0.15, 0.2) is 0 Å². The van der Waals surface area contributed by atoms with E-state index in [-0.39, 0.29) is 0 Å². The molecule has 0 fully saturated rings. The first-order chi connectivity index (χ1) is 6.81. The van der Waals surface area contributed by atoms with Gasteiger partial charge in [-0.05, 0) is 13.3 Å². The van der Waals surface area contributed by atoms with Crippen molar-refractivity contribution in [3.8, 4) is 0 Å². The summed E-state index contributed by atoms with van der Waals surface area (Å²) in [7, 11) is 0. The van der Waals surface area contributed by atoms with Gasteiger partial charge in [-0.1, -0.05) is 27.2 Å². The van der Waals surface area contributed by atoms with Gasteiger partial charge in [0.2, 0.25) is 0 Å². The molecule has 0 radical (unpaired) electrons. The first-order valence-corrected chi connectivity index (χ1v) is 5.03. The van der Waals surface area contributed by atoms with E-state index in [1.807, 2.05) is 0 Å². The van der Waals surface area contributed by atoms with Gasteiger partial charge in [0.05, 0.1) is 0 Å². The van der Waals surface area contributed by atoms with Gasteiger partial charge in [-0.25, -0.2) is 9.59 Å². The third-order valence-corrected chi connectivity index (χ3v) is 1.52. The molecule has 0 spiro atoms. The molecule has 0 heterocycles. The number of nitrogens with one attached hydrogen (secondary N) is 1. The van der Waals surface area contributed by atoms with Crippen LogP contribution >= 0.6 is 0 Å². The molecule has 0 amide bonds. The molecule has 15 heavy (non-hydrogen) atoms. The molecule has 5 heteroatoms. The van der Waals surface area contributed by atoms with Crippen LogP contribution in [0.5, 0.6) is 0 Å². The second kappa shape index (κ2) is 9.45. The highest BCUT2D eigenvalue weighted by atomic mass is 16.4. The summed E-state index contributed by atoms with van der Waals surface area (Å²) in [6.07, 6.45) is 2.57. The van der Waals surface area contributed by atoms with Gasteiger partial charge in [-0.15, -0.1) is 0 Å². The van der Waals surface area contributed by atoms with Crippen molar-refractivity contribution >= 4 is 11.9 Å². The lowest BCUT2D eigenvalue weighted by atomic mass is 10.2. The molecule has 0 aliphatic heterocycles. The molecule has 0 bridgehead atoms. The normalized spacial score (nSPS) is 11.5. The van der Waals surface area contributed by atoms with Crippen LogP contribution in [0, 0.1) is 0 Å². The van der Waals surface area contributed by atoms with Crippen LogP contribution in [0.1, 0.15) is 40.5 Å². The van der Waals surface area contributed by atoms with E-state index in [1.54, 1.807) is 0 Å². The Morgan fingerprint density at radius 2 is 1.53 bits per heavy atom. The smallest absolute Gasteiger partial charge is 0.414 e. The van der Waals surface area contributed by atoms with Gasteiger partial charge in [0.25, 0.3) is 0 Å². The van der Waals surface area contributed by atoms with Crippen LogP contribution in [0.3, 0.4) is 0 Å². The molecular weight excluding hydrogens is 198 g/mol. The predicted molar refractivity (Wildman–Crippen MR) is 57.9 cm³/mol. The van der Waals surface area contributed by atoms with E-state index in [1.165, 1.54) is 12.8 Å². The Morgan fingerprint density at radius 3 is 1.73 bits per heavy atom. The van der Waals surface area contributed by atoms with Gasteiger partial charge in [0.15, 0.2) is 0 Å². The second-order valence-corrected chi connectivity index (χ2v) is 3.62. The van der Waals surface area contributed by atoms with E-state index < -0.39 is 11.9 Å². The lowest BCUT2D eigenvalue weighted by Gasteiger charge is -2.15. The fourth-order valence-electron chi connectivity index (χ4n) is 1.09. The molecule has 0 aromatic rings. The number of rotatable bonds is 4. The molecule has 5 nitrogen and oxygen atoms in total. The third kappa shape index (κ3) is 15.6. The van der Waals surface area contributed by atoms with E-state index in [2.05, 4.69) is 33.0 Å². The van der Waals surface area contributed by atoms with Crippen LogP contribution in [0.2, 0.25) is 0 Å². The quantitative estimate of drug-likeness (QED) is 0.621. The molecule has 1 atom stereocenters. The minimum Gasteiger partial charge on any atom is -0.473 e. The second-order valence-electron chi connectivity index (χ2n) is 3.62. The Hall–Kier alpha value is -1.10. The average molecular weight is 219 g/mol. The largest absolute Gasteiger partial charge is 0.473 e. The molecule has 0 aliphatic carbocycles.